The second kappa shape index (κ2) is 20.0. The predicted molar refractivity (Wildman–Crippen MR) is 231 cm³/mol. The predicted octanol–water partition coefficient (Wildman–Crippen LogP) is 5.85. The number of aliphatic hydroxyl groups excluding tert-OH is 1. The van der Waals surface area contributed by atoms with Crippen molar-refractivity contribution in [1.82, 2.24) is 0 Å². The molecule has 19 atom stereocenters. The Bertz CT molecular complexity index is 1810. The fourth-order valence-corrected chi connectivity index (χ4v) is 10.6. The quantitative estimate of drug-likeness (QED) is 0.114. The maximum atomic E-state index is 14.4. The largest absolute Gasteiger partial charge is 0.462 e. The van der Waals surface area contributed by atoms with Crippen LogP contribution >= 0.6 is 0 Å². The lowest BCUT2D eigenvalue weighted by Crippen LogP contribution is -2.58. The fraction of sp³-hybridized carbons (Fsp3) is 0.750. The van der Waals surface area contributed by atoms with Gasteiger partial charge in [0.2, 0.25) is 0 Å². The minimum atomic E-state index is -1.84. The van der Waals surface area contributed by atoms with E-state index in [1.165, 1.54) is 0 Å². The summed E-state index contributed by atoms with van der Waals surface area (Å²) in [6.45, 7) is 16.0. The van der Waals surface area contributed by atoms with Crippen molar-refractivity contribution in [3.63, 3.8) is 0 Å². The Hall–Kier alpha value is -2.80. The van der Waals surface area contributed by atoms with Gasteiger partial charge in [0.1, 0.15) is 53.9 Å². The molecule has 1 aliphatic carbocycles. The molecule has 15 heteroatoms. The molecular formula is C48H71NO14. The van der Waals surface area contributed by atoms with Gasteiger partial charge in [0.15, 0.2) is 18.4 Å². The molecule has 0 aromatic heterocycles. The fourth-order valence-electron chi connectivity index (χ4n) is 10.6. The van der Waals surface area contributed by atoms with Crippen LogP contribution < -0.4 is 0 Å². The molecule has 4 saturated heterocycles. The number of aliphatic hydroxyl groups is 2. The molecule has 15 nitrogen and oxygen atoms in total. The minimum absolute atomic E-state index is 0.0273. The number of esters is 1. The highest BCUT2D eigenvalue weighted by Crippen LogP contribution is 2.47. The first-order chi connectivity index (χ1) is 30.0. The van der Waals surface area contributed by atoms with Crippen molar-refractivity contribution in [2.75, 3.05) is 20.8 Å². The minimum Gasteiger partial charge on any atom is -0.462 e. The number of methoxy groups -OCH3 is 2. The van der Waals surface area contributed by atoms with Crippen molar-refractivity contribution in [3.8, 4) is 0 Å². The Morgan fingerprint density at radius 1 is 0.952 bits per heavy atom. The Kier molecular flexibility index (Phi) is 15.3. The molecule has 0 unspecified atom stereocenters. The molecule has 1 spiro atoms. The van der Waals surface area contributed by atoms with Gasteiger partial charge in [-0.3, -0.25) is 4.79 Å². The number of ether oxygens (including phenoxy) is 10. The SMILES string of the molecule is CC[C@H](C)[C@H]1O[C@]2(C=C[C@@H]1C)C[C@@H]1C[C@@H](C/C=C(\C)[C@@H](O[C@H]3C[C@H](OC)[C@@H](O[C@H]4C[C@H](OC)/C(=N\O)[C@H](C)O4)[C@H](C)O3)[C@@H](C)/C=C/C=C3\CO[C@@H]4[C@H](O)C(C)=C[C@@H](C(=O)O1)[C@]34O)O2. The second-order valence-corrected chi connectivity index (χ2v) is 18.9. The third-order valence-corrected chi connectivity index (χ3v) is 14.5. The Morgan fingerprint density at radius 3 is 2.43 bits per heavy atom. The lowest BCUT2D eigenvalue weighted by atomic mass is 9.71. The molecule has 7 rings (SSSR count). The van der Waals surface area contributed by atoms with Crippen LogP contribution in [0.4, 0.5) is 0 Å². The third-order valence-electron chi connectivity index (χ3n) is 14.5. The van der Waals surface area contributed by atoms with Crippen LogP contribution in [0.3, 0.4) is 0 Å². The smallest absolute Gasteiger partial charge is 0.316 e. The molecule has 352 valence electrons. The highest BCUT2D eigenvalue weighted by atomic mass is 16.7. The molecule has 0 radical (unpaired) electrons. The summed E-state index contributed by atoms with van der Waals surface area (Å²) in [5, 5.41) is 36.7. The van der Waals surface area contributed by atoms with Gasteiger partial charge in [-0.2, -0.15) is 0 Å². The molecule has 6 aliphatic heterocycles. The van der Waals surface area contributed by atoms with Gasteiger partial charge in [-0.1, -0.05) is 75.7 Å². The lowest BCUT2D eigenvalue weighted by molar-refractivity contribution is -0.302. The van der Waals surface area contributed by atoms with Gasteiger partial charge in [0.05, 0.1) is 37.1 Å². The van der Waals surface area contributed by atoms with E-state index in [1.807, 2.05) is 32.1 Å². The maximum Gasteiger partial charge on any atom is 0.316 e. The van der Waals surface area contributed by atoms with Crippen molar-refractivity contribution < 1.29 is 67.6 Å². The van der Waals surface area contributed by atoms with E-state index in [1.54, 1.807) is 40.2 Å². The van der Waals surface area contributed by atoms with E-state index in [4.69, 9.17) is 47.4 Å². The molecule has 6 heterocycles. The lowest BCUT2D eigenvalue weighted by Gasteiger charge is -2.48. The summed E-state index contributed by atoms with van der Waals surface area (Å²) < 4.78 is 63.8. The first-order valence-electron chi connectivity index (χ1n) is 22.9. The van der Waals surface area contributed by atoms with Gasteiger partial charge in [-0.15, -0.1) is 0 Å². The zero-order valence-corrected chi connectivity index (χ0v) is 38.6. The summed E-state index contributed by atoms with van der Waals surface area (Å²) in [5.41, 5.74) is 0.519. The van der Waals surface area contributed by atoms with E-state index in [2.05, 4.69) is 45.0 Å². The molecule has 2 bridgehead atoms. The molecule has 7 aliphatic rings. The summed E-state index contributed by atoms with van der Waals surface area (Å²) in [6.07, 6.45) is 9.00. The van der Waals surface area contributed by atoms with Crippen LogP contribution in [-0.2, 0) is 52.2 Å². The maximum absolute atomic E-state index is 14.4. The van der Waals surface area contributed by atoms with Crippen LogP contribution in [0.2, 0.25) is 0 Å². The number of rotatable bonds is 8. The number of carbonyl (C=O) groups is 1. The Balaban J connectivity index is 1.18. The molecule has 4 fully saturated rings. The highest BCUT2D eigenvalue weighted by Gasteiger charge is 2.60. The molecule has 63 heavy (non-hydrogen) atoms. The molecule has 0 saturated carbocycles. The van der Waals surface area contributed by atoms with E-state index in [0.29, 0.717) is 42.5 Å². The van der Waals surface area contributed by atoms with Crippen LogP contribution in [0.25, 0.3) is 0 Å². The van der Waals surface area contributed by atoms with Crippen molar-refractivity contribution in [3.05, 3.63) is 59.3 Å². The number of nitrogens with zero attached hydrogens (tertiary/aromatic N) is 1. The zero-order chi connectivity index (χ0) is 45.4. The third kappa shape index (κ3) is 9.85. The summed E-state index contributed by atoms with van der Waals surface area (Å²) in [4.78, 5) is 14.4. The number of oxime groups is 1. The van der Waals surface area contributed by atoms with Gasteiger partial charge >= 0.3 is 5.97 Å². The highest BCUT2D eigenvalue weighted by molar-refractivity contribution is 5.92. The van der Waals surface area contributed by atoms with Crippen LogP contribution in [0.1, 0.15) is 93.9 Å². The number of hydrogen-bond acceptors (Lipinski definition) is 15. The topological polar surface area (TPSA) is 182 Å². The van der Waals surface area contributed by atoms with Gasteiger partial charge in [0, 0.05) is 51.7 Å². The van der Waals surface area contributed by atoms with E-state index in [9.17, 15) is 20.2 Å². The molecule has 0 aromatic rings. The van der Waals surface area contributed by atoms with Gasteiger partial charge in [-0.05, 0) is 62.8 Å². The normalized spacial score (nSPS) is 48.0. The van der Waals surface area contributed by atoms with Crippen molar-refractivity contribution >= 4 is 11.7 Å². The zero-order valence-electron chi connectivity index (χ0n) is 38.6. The van der Waals surface area contributed by atoms with Crippen molar-refractivity contribution in [2.45, 2.75) is 185 Å². The summed E-state index contributed by atoms with van der Waals surface area (Å²) >= 11 is 0. The molecule has 3 N–H and O–H groups in total. The van der Waals surface area contributed by atoms with Crippen LogP contribution in [0, 0.1) is 23.7 Å². The van der Waals surface area contributed by atoms with Gasteiger partial charge in [-0.25, -0.2) is 0 Å². The first-order valence-corrected chi connectivity index (χ1v) is 22.9. The summed E-state index contributed by atoms with van der Waals surface area (Å²) in [5.74, 6) is -2.59. The van der Waals surface area contributed by atoms with E-state index < -0.39 is 96.9 Å². The monoisotopic (exact) mass is 885 g/mol. The Morgan fingerprint density at radius 2 is 1.71 bits per heavy atom. The average molecular weight is 886 g/mol. The van der Waals surface area contributed by atoms with E-state index in [0.717, 1.165) is 12.0 Å². The Labute approximate surface area is 372 Å². The summed E-state index contributed by atoms with van der Waals surface area (Å²) in [7, 11) is 3.20. The van der Waals surface area contributed by atoms with Crippen LogP contribution in [0.5, 0.6) is 0 Å². The number of carbonyl (C=O) groups excluding carboxylic acids is 1. The number of allylic oxidation sites excluding steroid dienone is 2. The van der Waals surface area contributed by atoms with Crippen molar-refractivity contribution in [2.24, 2.45) is 28.8 Å². The number of fused-ring (bicyclic) bond motifs is 2. The van der Waals surface area contributed by atoms with Crippen molar-refractivity contribution in [1.29, 1.82) is 0 Å². The summed E-state index contributed by atoms with van der Waals surface area (Å²) in [6, 6.07) is 0. The van der Waals surface area contributed by atoms with E-state index >= 15 is 0 Å². The first kappa shape index (κ1) is 48.1. The molecule has 0 amide bonds. The standard InChI is InChI=1S/C48H71NO14/c1-11-25(2)43-28(5)17-18-47(63-43)23-34-20-33(62-47)16-15-27(4)42(26(3)13-12-14-32-24-56-45-41(50)29(6)19-35(46(51)59-34)48(32,45)52)60-39-22-37(55-10)44(31(8)58-39)61-38-21-36(54-9)40(49-53)30(7)57-38/h12-15,17-19,25-26,28,30-31,33-39,41-45,50,52-53H,11,16,20-24H2,1-10H3/b13-12+,27-15+,32-14+,49-40-/t25-,26-,28-,30-,31-,33+,34-,35-,36-,37-,38-,39-,41+,42-,43+,44-,45+,47+,48+/m0/s1. The van der Waals surface area contributed by atoms with Crippen LogP contribution in [-0.4, -0.2) is 139 Å². The van der Waals surface area contributed by atoms with E-state index in [-0.39, 0.29) is 36.9 Å². The molecular weight excluding hydrogens is 815 g/mol. The average Bonchev–Trinajstić information content (AvgIpc) is 3.60. The van der Waals surface area contributed by atoms with Gasteiger partial charge in [0.25, 0.3) is 0 Å². The molecule has 0 aromatic carbocycles. The second-order valence-electron chi connectivity index (χ2n) is 18.9. The van der Waals surface area contributed by atoms with Gasteiger partial charge < -0.3 is 62.8 Å². The van der Waals surface area contributed by atoms with Crippen LogP contribution in [0.15, 0.2) is 64.4 Å². The number of hydrogen-bond donors (Lipinski definition) is 3.